The van der Waals surface area contributed by atoms with Gasteiger partial charge in [0.15, 0.2) is 0 Å². The normalized spacial score (nSPS) is 20.0. The predicted molar refractivity (Wildman–Crippen MR) is 79.5 cm³/mol. The number of aliphatic carboxylic acids is 1. The van der Waals surface area contributed by atoms with Crippen LogP contribution in [0.4, 0.5) is 0 Å². The Morgan fingerprint density at radius 3 is 2.68 bits per heavy atom. The van der Waals surface area contributed by atoms with Gasteiger partial charge < -0.3 is 19.9 Å². The second kappa shape index (κ2) is 7.79. The van der Waals surface area contributed by atoms with Gasteiger partial charge in [-0.3, -0.25) is 9.59 Å². The summed E-state index contributed by atoms with van der Waals surface area (Å²) in [5.74, 6) is -1.30. The third-order valence-electron chi connectivity index (χ3n) is 3.85. The Kier molecular flexibility index (Phi) is 5.77. The molecule has 0 aromatic heterocycles. The first-order valence-corrected chi connectivity index (χ1v) is 7.33. The molecule has 2 atom stereocenters. The number of hydrogen-bond donors (Lipinski definition) is 2. The molecule has 1 aliphatic rings. The molecule has 0 bridgehead atoms. The zero-order chi connectivity index (χ0) is 15.9. The smallest absolute Gasteiger partial charge is 0.307 e. The summed E-state index contributed by atoms with van der Waals surface area (Å²) >= 11 is 0. The number of carboxylic acid groups (broad SMARTS) is 1. The van der Waals surface area contributed by atoms with Crippen LogP contribution in [0.25, 0.3) is 0 Å². The summed E-state index contributed by atoms with van der Waals surface area (Å²) in [6.45, 7) is 1.34. The van der Waals surface area contributed by atoms with Crippen LogP contribution >= 0.6 is 0 Å². The van der Waals surface area contributed by atoms with E-state index in [1.165, 1.54) is 0 Å². The molecule has 2 rings (SSSR count). The van der Waals surface area contributed by atoms with Crippen LogP contribution in [0, 0.1) is 11.8 Å². The summed E-state index contributed by atoms with van der Waals surface area (Å²) in [5.41, 5.74) is 0.912. The molecule has 1 fully saturated rings. The largest absolute Gasteiger partial charge is 0.491 e. The number of carboxylic acids is 1. The molecule has 1 aromatic rings. The molecule has 1 saturated carbocycles. The summed E-state index contributed by atoms with van der Waals surface area (Å²) in [4.78, 5) is 22.9. The Labute approximate surface area is 129 Å². The topological polar surface area (TPSA) is 84.9 Å². The van der Waals surface area contributed by atoms with E-state index in [0.717, 1.165) is 11.3 Å². The van der Waals surface area contributed by atoms with Crippen LogP contribution in [0.1, 0.15) is 18.4 Å². The number of benzene rings is 1. The van der Waals surface area contributed by atoms with E-state index >= 15 is 0 Å². The summed E-state index contributed by atoms with van der Waals surface area (Å²) in [6, 6.07) is 7.44. The van der Waals surface area contributed by atoms with Crippen molar-refractivity contribution < 1.29 is 24.2 Å². The monoisotopic (exact) mass is 307 g/mol. The van der Waals surface area contributed by atoms with Crippen LogP contribution in [0.2, 0.25) is 0 Å². The van der Waals surface area contributed by atoms with Gasteiger partial charge in [0, 0.05) is 13.7 Å². The lowest BCUT2D eigenvalue weighted by molar-refractivity contribution is -0.152. The number of methoxy groups -OCH3 is 1. The van der Waals surface area contributed by atoms with Crippen molar-refractivity contribution in [2.24, 2.45) is 11.8 Å². The number of carbonyl (C=O) groups is 2. The molecule has 1 aromatic carbocycles. The average Bonchev–Trinajstić information content (AvgIpc) is 2.44. The van der Waals surface area contributed by atoms with Crippen molar-refractivity contribution in [2.75, 3.05) is 20.3 Å². The van der Waals surface area contributed by atoms with Gasteiger partial charge in [0.2, 0.25) is 5.91 Å². The van der Waals surface area contributed by atoms with Crippen molar-refractivity contribution in [1.82, 2.24) is 5.32 Å². The van der Waals surface area contributed by atoms with E-state index in [1.807, 2.05) is 24.3 Å². The molecule has 6 nitrogen and oxygen atoms in total. The Balaban J connectivity index is 1.82. The Morgan fingerprint density at radius 1 is 1.27 bits per heavy atom. The van der Waals surface area contributed by atoms with Gasteiger partial charge >= 0.3 is 5.97 Å². The van der Waals surface area contributed by atoms with Crippen molar-refractivity contribution in [3.05, 3.63) is 29.8 Å². The minimum atomic E-state index is -0.889. The van der Waals surface area contributed by atoms with Crippen LogP contribution in [-0.4, -0.2) is 37.3 Å². The quantitative estimate of drug-likeness (QED) is 0.710. The first-order chi connectivity index (χ1) is 10.6. The van der Waals surface area contributed by atoms with Gasteiger partial charge in [-0.1, -0.05) is 12.1 Å². The SMILES string of the molecule is COCCOc1cccc(CNC(=O)C2CCC2C(=O)O)c1. The summed E-state index contributed by atoms with van der Waals surface area (Å²) in [7, 11) is 1.61. The van der Waals surface area contributed by atoms with Crippen molar-refractivity contribution in [1.29, 1.82) is 0 Å². The maximum Gasteiger partial charge on any atom is 0.307 e. The highest BCUT2D eigenvalue weighted by Crippen LogP contribution is 2.34. The third-order valence-corrected chi connectivity index (χ3v) is 3.85. The summed E-state index contributed by atoms with van der Waals surface area (Å²) < 4.78 is 10.4. The molecular formula is C16H21NO5. The lowest BCUT2D eigenvalue weighted by Crippen LogP contribution is -2.43. The fraction of sp³-hybridized carbons (Fsp3) is 0.500. The van der Waals surface area contributed by atoms with Crippen LogP contribution in [-0.2, 0) is 20.9 Å². The van der Waals surface area contributed by atoms with Gasteiger partial charge in [-0.05, 0) is 30.5 Å². The molecule has 2 N–H and O–H groups in total. The van der Waals surface area contributed by atoms with Gasteiger partial charge in [-0.25, -0.2) is 0 Å². The van der Waals surface area contributed by atoms with Crippen molar-refractivity contribution >= 4 is 11.9 Å². The van der Waals surface area contributed by atoms with Crippen LogP contribution in [0.5, 0.6) is 5.75 Å². The average molecular weight is 307 g/mol. The molecule has 22 heavy (non-hydrogen) atoms. The second-order valence-electron chi connectivity index (χ2n) is 5.34. The highest BCUT2D eigenvalue weighted by atomic mass is 16.5. The molecule has 0 radical (unpaired) electrons. The maximum absolute atomic E-state index is 12.0. The minimum Gasteiger partial charge on any atom is -0.491 e. The molecule has 120 valence electrons. The standard InChI is InChI=1S/C16H21NO5/c1-21-7-8-22-12-4-2-3-11(9-12)10-17-15(18)13-5-6-14(13)16(19)20/h2-4,9,13-14H,5-8,10H2,1H3,(H,17,18)(H,19,20). The molecule has 6 heteroatoms. The molecule has 0 heterocycles. The summed E-state index contributed by atoms with van der Waals surface area (Å²) in [5, 5.41) is 11.8. The number of ether oxygens (including phenoxy) is 2. The fourth-order valence-corrected chi connectivity index (χ4v) is 2.42. The fourth-order valence-electron chi connectivity index (χ4n) is 2.42. The second-order valence-corrected chi connectivity index (χ2v) is 5.34. The van der Waals surface area contributed by atoms with Crippen LogP contribution in [0.15, 0.2) is 24.3 Å². The molecule has 0 spiro atoms. The van der Waals surface area contributed by atoms with E-state index in [1.54, 1.807) is 7.11 Å². The Bertz CT molecular complexity index is 531. The Morgan fingerprint density at radius 2 is 2.05 bits per heavy atom. The zero-order valence-corrected chi connectivity index (χ0v) is 12.6. The minimum absolute atomic E-state index is 0.190. The summed E-state index contributed by atoms with van der Waals surface area (Å²) in [6.07, 6.45) is 1.22. The molecular weight excluding hydrogens is 286 g/mol. The van der Waals surface area contributed by atoms with E-state index < -0.39 is 17.8 Å². The van der Waals surface area contributed by atoms with Gasteiger partial charge in [-0.2, -0.15) is 0 Å². The highest BCUT2D eigenvalue weighted by molar-refractivity contribution is 5.86. The van der Waals surface area contributed by atoms with Crippen LogP contribution < -0.4 is 10.1 Å². The van der Waals surface area contributed by atoms with Crippen molar-refractivity contribution in [3.63, 3.8) is 0 Å². The zero-order valence-electron chi connectivity index (χ0n) is 12.6. The van der Waals surface area contributed by atoms with Gasteiger partial charge in [-0.15, -0.1) is 0 Å². The number of hydrogen-bond acceptors (Lipinski definition) is 4. The van der Waals surface area contributed by atoms with E-state index in [2.05, 4.69) is 5.32 Å². The molecule has 1 aliphatic carbocycles. The lowest BCUT2D eigenvalue weighted by atomic mass is 9.73. The van der Waals surface area contributed by atoms with Gasteiger partial charge in [0.05, 0.1) is 18.4 Å². The molecule has 0 aliphatic heterocycles. The number of nitrogens with one attached hydrogen (secondary N) is 1. The van der Waals surface area contributed by atoms with E-state index in [4.69, 9.17) is 14.6 Å². The predicted octanol–water partition coefficient (Wildman–Crippen LogP) is 1.44. The van der Waals surface area contributed by atoms with Crippen LogP contribution in [0.3, 0.4) is 0 Å². The molecule has 2 unspecified atom stereocenters. The molecule has 0 saturated heterocycles. The van der Waals surface area contributed by atoms with E-state index in [0.29, 0.717) is 32.6 Å². The first-order valence-electron chi connectivity index (χ1n) is 7.33. The van der Waals surface area contributed by atoms with Gasteiger partial charge in [0.1, 0.15) is 12.4 Å². The van der Waals surface area contributed by atoms with Crippen molar-refractivity contribution in [3.8, 4) is 5.75 Å². The Hall–Kier alpha value is -2.08. The number of amides is 1. The molecule has 1 amide bonds. The first kappa shape index (κ1) is 16.3. The van der Waals surface area contributed by atoms with Crippen molar-refractivity contribution in [2.45, 2.75) is 19.4 Å². The maximum atomic E-state index is 12.0. The highest BCUT2D eigenvalue weighted by Gasteiger charge is 2.41. The number of rotatable bonds is 8. The number of carbonyl (C=O) groups excluding carboxylic acids is 1. The van der Waals surface area contributed by atoms with Gasteiger partial charge in [0.25, 0.3) is 0 Å². The van der Waals surface area contributed by atoms with E-state index in [-0.39, 0.29) is 5.91 Å². The van der Waals surface area contributed by atoms with E-state index in [9.17, 15) is 9.59 Å². The third kappa shape index (κ3) is 4.21. The lowest BCUT2D eigenvalue weighted by Gasteiger charge is -2.31.